The molecule has 0 heteroatoms. The van der Waals surface area contributed by atoms with E-state index < -0.39 is 0 Å². The Labute approximate surface area is 312 Å². The molecule has 0 saturated heterocycles. The largest absolute Gasteiger partial charge is 0.0836 e. The van der Waals surface area contributed by atoms with Crippen LogP contribution in [0.1, 0.15) is 54.9 Å². The quantitative estimate of drug-likeness (QED) is 0.159. The molecule has 0 radical (unpaired) electrons. The van der Waals surface area contributed by atoms with E-state index in [-0.39, 0.29) is 0 Å². The van der Waals surface area contributed by atoms with Crippen LogP contribution >= 0.6 is 0 Å². The maximum absolute atomic E-state index is 2.44. The molecule has 0 amide bonds. The van der Waals surface area contributed by atoms with Crippen LogP contribution in [0.4, 0.5) is 0 Å². The van der Waals surface area contributed by atoms with E-state index in [2.05, 4.69) is 179 Å². The Morgan fingerprint density at radius 1 is 0.509 bits per heavy atom. The van der Waals surface area contributed by atoms with Crippen molar-refractivity contribution in [2.45, 2.75) is 46.0 Å². The van der Waals surface area contributed by atoms with Gasteiger partial charge >= 0.3 is 0 Å². The molecule has 9 aromatic carbocycles. The standard InChI is InChI=1S/C53H42/c1-4-33(2)52-48(15-9-17-50(52)51-18-10-16-49-44-14-8-6-12-38(44)29-34(3)53(49)51)42-25-28-47-41(32-42)22-21-40-31-37(24-27-46(40)47)36-23-26-45-39(30-36)20-19-35-11-5-7-13-43(35)45/h5,7-11,13-33H,4,6,12H2,1-3H3. The van der Waals surface area contributed by atoms with E-state index >= 15 is 0 Å². The molecule has 1 unspecified atom stereocenters. The van der Waals surface area contributed by atoms with Crippen LogP contribution in [0.25, 0.3) is 93.3 Å². The van der Waals surface area contributed by atoms with Crippen LogP contribution < -0.4 is 0 Å². The first-order chi connectivity index (χ1) is 26.1. The molecule has 1 atom stereocenters. The Kier molecular flexibility index (Phi) is 7.55. The first-order valence-corrected chi connectivity index (χ1v) is 19.3. The Balaban J connectivity index is 1.07. The van der Waals surface area contributed by atoms with Crippen molar-refractivity contribution >= 4 is 59.9 Å². The summed E-state index contributed by atoms with van der Waals surface area (Å²) in [5, 5.41) is 13.1. The molecule has 53 heavy (non-hydrogen) atoms. The summed E-state index contributed by atoms with van der Waals surface area (Å²) in [4.78, 5) is 0. The van der Waals surface area contributed by atoms with Gasteiger partial charge in [-0.25, -0.2) is 0 Å². The molecular formula is C53H42. The minimum absolute atomic E-state index is 0.411. The Hall–Kier alpha value is -5.98. The fourth-order valence-corrected chi connectivity index (χ4v) is 9.25. The third-order valence-electron chi connectivity index (χ3n) is 12.1. The van der Waals surface area contributed by atoms with Gasteiger partial charge in [0.15, 0.2) is 0 Å². The summed E-state index contributed by atoms with van der Waals surface area (Å²) in [6.07, 6.45) is 8.02. The van der Waals surface area contributed by atoms with Gasteiger partial charge < -0.3 is 0 Å². The van der Waals surface area contributed by atoms with Crippen molar-refractivity contribution in [2.75, 3.05) is 0 Å². The van der Waals surface area contributed by atoms with Gasteiger partial charge in [0, 0.05) is 0 Å². The molecule has 0 aliphatic heterocycles. The summed E-state index contributed by atoms with van der Waals surface area (Å²) in [6.45, 7) is 7.02. The number of rotatable bonds is 5. The smallest absolute Gasteiger partial charge is 0.00698 e. The van der Waals surface area contributed by atoms with Gasteiger partial charge in [0.05, 0.1) is 0 Å². The second-order valence-electron chi connectivity index (χ2n) is 15.2. The predicted octanol–water partition coefficient (Wildman–Crippen LogP) is 15.2. The lowest BCUT2D eigenvalue weighted by molar-refractivity contribution is 0.737. The van der Waals surface area contributed by atoms with Crippen molar-refractivity contribution in [3.63, 3.8) is 0 Å². The van der Waals surface area contributed by atoms with Crippen LogP contribution in [-0.4, -0.2) is 0 Å². The summed E-state index contributed by atoms with van der Waals surface area (Å²) in [7, 11) is 0. The van der Waals surface area contributed by atoms with E-state index in [1.807, 2.05) is 0 Å². The van der Waals surface area contributed by atoms with Crippen LogP contribution in [0.2, 0.25) is 0 Å². The zero-order valence-corrected chi connectivity index (χ0v) is 30.7. The third kappa shape index (κ3) is 5.19. The summed E-state index contributed by atoms with van der Waals surface area (Å²) < 4.78 is 0. The number of allylic oxidation sites excluding steroid dienone is 1. The lowest BCUT2D eigenvalue weighted by atomic mass is 9.81. The highest BCUT2D eigenvalue weighted by Gasteiger charge is 2.21. The van der Waals surface area contributed by atoms with Gasteiger partial charge in [-0.05, 0) is 160 Å². The van der Waals surface area contributed by atoms with Gasteiger partial charge in [-0.2, -0.15) is 0 Å². The topological polar surface area (TPSA) is 0 Å². The number of benzene rings is 9. The van der Waals surface area contributed by atoms with Crippen LogP contribution in [0, 0.1) is 6.92 Å². The predicted molar refractivity (Wildman–Crippen MR) is 231 cm³/mol. The lowest BCUT2D eigenvalue weighted by Crippen LogP contribution is -2.01. The summed E-state index contributed by atoms with van der Waals surface area (Å²) in [5.74, 6) is 0.411. The van der Waals surface area contributed by atoms with E-state index in [0.717, 1.165) is 19.3 Å². The van der Waals surface area contributed by atoms with Gasteiger partial charge in [-0.3, -0.25) is 0 Å². The van der Waals surface area contributed by atoms with E-state index in [4.69, 9.17) is 0 Å². The van der Waals surface area contributed by atoms with Gasteiger partial charge in [-0.1, -0.05) is 153 Å². The maximum Gasteiger partial charge on any atom is -0.00698 e. The third-order valence-corrected chi connectivity index (χ3v) is 12.1. The molecule has 0 heterocycles. The summed E-state index contributed by atoms with van der Waals surface area (Å²) in [6, 6.07) is 55.1. The Bertz CT molecular complexity index is 2950. The Morgan fingerprint density at radius 3 is 1.79 bits per heavy atom. The van der Waals surface area contributed by atoms with Gasteiger partial charge in [0.2, 0.25) is 0 Å². The number of fused-ring (bicyclic) bond motifs is 9. The van der Waals surface area contributed by atoms with Crippen LogP contribution in [-0.2, 0) is 6.42 Å². The van der Waals surface area contributed by atoms with Crippen molar-refractivity contribution in [3.8, 4) is 33.4 Å². The van der Waals surface area contributed by atoms with Crippen molar-refractivity contribution < 1.29 is 0 Å². The van der Waals surface area contributed by atoms with E-state index in [1.165, 1.54) is 109 Å². The first kappa shape index (κ1) is 31.7. The van der Waals surface area contributed by atoms with Crippen LogP contribution in [0.3, 0.4) is 0 Å². The second kappa shape index (κ2) is 12.6. The molecule has 0 bridgehead atoms. The summed E-state index contributed by atoms with van der Waals surface area (Å²) in [5.41, 5.74) is 13.5. The van der Waals surface area contributed by atoms with Crippen molar-refractivity contribution in [2.24, 2.45) is 0 Å². The molecule has 0 fully saturated rings. The van der Waals surface area contributed by atoms with Gasteiger partial charge in [0.25, 0.3) is 0 Å². The highest BCUT2D eigenvalue weighted by atomic mass is 14.2. The molecule has 254 valence electrons. The average Bonchev–Trinajstić information content (AvgIpc) is 3.22. The molecule has 1 aliphatic rings. The normalized spacial score (nSPS) is 13.3. The second-order valence-corrected chi connectivity index (χ2v) is 15.2. The molecule has 0 nitrogen and oxygen atoms in total. The Morgan fingerprint density at radius 2 is 1.08 bits per heavy atom. The molecule has 1 aliphatic carbocycles. The number of aryl methyl sites for hydroxylation is 2. The molecule has 0 N–H and O–H groups in total. The van der Waals surface area contributed by atoms with E-state index in [9.17, 15) is 0 Å². The minimum Gasteiger partial charge on any atom is -0.0836 e. The molecule has 0 saturated carbocycles. The average molecular weight is 679 g/mol. The van der Waals surface area contributed by atoms with Crippen LogP contribution in [0.5, 0.6) is 0 Å². The van der Waals surface area contributed by atoms with Crippen molar-refractivity contribution in [1.82, 2.24) is 0 Å². The number of hydrogen-bond donors (Lipinski definition) is 0. The van der Waals surface area contributed by atoms with Crippen molar-refractivity contribution in [1.29, 1.82) is 0 Å². The highest BCUT2D eigenvalue weighted by molar-refractivity contribution is 6.11. The molecule has 0 aromatic heterocycles. The maximum atomic E-state index is 2.44. The van der Waals surface area contributed by atoms with Gasteiger partial charge in [-0.15, -0.1) is 0 Å². The zero-order valence-electron chi connectivity index (χ0n) is 30.7. The monoisotopic (exact) mass is 678 g/mol. The first-order valence-electron chi connectivity index (χ1n) is 19.3. The zero-order chi connectivity index (χ0) is 35.6. The molecular weight excluding hydrogens is 637 g/mol. The van der Waals surface area contributed by atoms with E-state index in [0.29, 0.717) is 5.92 Å². The van der Waals surface area contributed by atoms with Gasteiger partial charge in [0.1, 0.15) is 0 Å². The van der Waals surface area contributed by atoms with Crippen LogP contribution in [0.15, 0.2) is 152 Å². The minimum atomic E-state index is 0.411. The highest BCUT2D eigenvalue weighted by Crippen LogP contribution is 2.44. The fourth-order valence-electron chi connectivity index (χ4n) is 9.25. The SMILES string of the molecule is CCC(C)c1c(-c2ccc3c(ccc4cc(-c5ccc6c(ccc7ccccc76)c5)ccc43)c2)cccc1-c1cccc2c3c(cc(C)c12)CCC=C3. The lowest BCUT2D eigenvalue weighted by Gasteiger charge is -2.23. The summed E-state index contributed by atoms with van der Waals surface area (Å²) >= 11 is 0. The van der Waals surface area contributed by atoms with Crippen molar-refractivity contribution in [3.05, 3.63) is 174 Å². The molecule has 0 spiro atoms. The molecule has 9 aromatic rings. The fraction of sp³-hybridized carbons (Fsp3) is 0.132. The molecule has 10 rings (SSSR count). The van der Waals surface area contributed by atoms with E-state index in [1.54, 1.807) is 0 Å². The number of hydrogen-bond acceptors (Lipinski definition) is 0.